The van der Waals surface area contributed by atoms with E-state index < -0.39 is 12.6 Å². The molecule has 0 radical (unpaired) electrons. The smallest absolute Gasteiger partial charge is 0.356 e. The number of nitrogens with zero attached hydrogens (tertiary/aromatic N) is 3. The van der Waals surface area contributed by atoms with E-state index in [0.29, 0.717) is 28.0 Å². The van der Waals surface area contributed by atoms with Crippen molar-refractivity contribution >= 4 is 33.3 Å². The largest absolute Gasteiger partial charge is 0.393 e. The second-order valence-electron chi connectivity index (χ2n) is 9.18. The van der Waals surface area contributed by atoms with Crippen LogP contribution in [0.5, 0.6) is 0 Å². The summed E-state index contributed by atoms with van der Waals surface area (Å²) in [5.74, 6) is 0.788. The van der Waals surface area contributed by atoms with E-state index in [1.54, 1.807) is 6.07 Å². The fraction of sp³-hybridized carbons (Fsp3) is 0.667. The second-order valence-corrected chi connectivity index (χ2v) is 10.3. The van der Waals surface area contributed by atoms with Crippen LogP contribution in [0.4, 0.5) is 19.0 Å². The molecule has 10 heteroatoms. The van der Waals surface area contributed by atoms with Gasteiger partial charge >= 0.3 is 6.18 Å². The minimum absolute atomic E-state index is 0.0822. The van der Waals surface area contributed by atoms with Gasteiger partial charge in [-0.3, -0.25) is 4.79 Å². The Balaban J connectivity index is 1.24. The lowest BCUT2D eigenvalue weighted by Crippen LogP contribution is -2.45. The van der Waals surface area contributed by atoms with Gasteiger partial charge in [0.2, 0.25) is 5.91 Å². The molecule has 1 aliphatic carbocycles. The molecule has 1 unspecified atom stereocenters. The van der Waals surface area contributed by atoms with Gasteiger partial charge in [0.15, 0.2) is 0 Å². The Hall–Kier alpha value is -1.94. The number of hydrogen-bond donors (Lipinski definition) is 2. The number of nitrogens with one attached hydrogen (secondary N) is 2. The molecule has 0 bridgehead atoms. The first-order valence-corrected chi connectivity index (χ1v) is 11.7. The summed E-state index contributed by atoms with van der Waals surface area (Å²) in [5, 5.41) is 7.27. The summed E-state index contributed by atoms with van der Waals surface area (Å²) < 4.78 is 38.4. The fourth-order valence-electron chi connectivity index (χ4n) is 4.84. The van der Waals surface area contributed by atoms with Crippen LogP contribution in [0, 0.1) is 5.41 Å². The number of anilines is 1. The SMILES string of the molecule is O=C(NC1CCCN(c2ncnc3sc(CC(F)(F)F)cc23)CC1)[C@H]1CC2(CC2)CN1. The predicted octanol–water partition coefficient (Wildman–Crippen LogP) is 3.41. The molecule has 2 aromatic heterocycles. The highest BCUT2D eigenvalue weighted by molar-refractivity contribution is 7.18. The van der Waals surface area contributed by atoms with E-state index in [4.69, 9.17) is 0 Å². The maximum absolute atomic E-state index is 12.8. The minimum atomic E-state index is -4.24. The number of fused-ring (bicyclic) bond motifs is 1. The van der Waals surface area contributed by atoms with E-state index in [1.165, 1.54) is 19.2 Å². The number of carbonyl (C=O) groups is 1. The molecule has 2 atom stereocenters. The summed E-state index contributed by atoms with van der Waals surface area (Å²) >= 11 is 1.07. The number of rotatable bonds is 4. The fourth-order valence-corrected chi connectivity index (χ4v) is 5.87. The van der Waals surface area contributed by atoms with Gasteiger partial charge < -0.3 is 15.5 Å². The van der Waals surface area contributed by atoms with E-state index >= 15 is 0 Å². The zero-order valence-electron chi connectivity index (χ0n) is 17.2. The summed E-state index contributed by atoms with van der Waals surface area (Å²) in [6.45, 7) is 2.40. The average Bonchev–Trinajstić information content (AvgIpc) is 3.22. The highest BCUT2D eigenvalue weighted by atomic mass is 32.1. The van der Waals surface area contributed by atoms with Gasteiger partial charge in [0, 0.05) is 30.6 Å². The Morgan fingerprint density at radius 3 is 2.87 bits per heavy atom. The van der Waals surface area contributed by atoms with Crippen molar-refractivity contribution in [3.8, 4) is 0 Å². The van der Waals surface area contributed by atoms with Gasteiger partial charge in [0.05, 0.1) is 17.8 Å². The lowest BCUT2D eigenvalue weighted by atomic mass is 10.0. The first kappa shape index (κ1) is 20.9. The Kier molecular flexibility index (Phi) is 5.32. The molecule has 1 spiro atoms. The number of alkyl halides is 3. The van der Waals surface area contributed by atoms with Gasteiger partial charge in [-0.25, -0.2) is 9.97 Å². The van der Waals surface area contributed by atoms with E-state index in [9.17, 15) is 18.0 Å². The number of aromatic nitrogens is 2. The van der Waals surface area contributed by atoms with Crippen LogP contribution in [0.25, 0.3) is 10.2 Å². The van der Waals surface area contributed by atoms with Crippen molar-refractivity contribution in [3.63, 3.8) is 0 Å². The zero-order valence-corrected chi connectivity index (χ0v) is 18.0. The number of amides is 1. The number of thiophene rings is 1. The first-order chi connectivity index (χ1) is 14.8. The van der Waals surface area contributed by atoms with E-state index in [1.807, 2.05) is 0 Å². The standard InChI is InChI=1S/C21H26F3N5OS/c22-21(23,24)9-14-8-15-17(26-12-27-19(15)31-14)29-6-1-2-13(3-7-29)28-18(30)16-10-20(4-5-20)11-25-16/h8,12-13,16,25H,1-7,9-11H2,(H,28,30)/t13?,16-/m1/s1. The maximum atomic E-state index is 12.8. The monoisotopic (exact) mass is 453 g/mol. The van der Waals surface area contributed by atoms with Crippen molar-refractivity contribution in [1.82, 2.24) is 20.6 Å². The minimum Gasteiger partial charge on any atom is -0.356 e. The molecule has 2 N–H and O–H groups in total. The van der Waals surface area contributed by atoms with Crippen molar-refractivity contribution in [3.05, 3.63) is 17.3 Å². The topological polar surface area (TPSA) is 70.2 Å². The summed E-state index contributed by atoms with van der Waals surface area (Å²) in [6, 6.07) is 1.60. The summed E-state index contributed by atoms with van der Waals surface area (Å²) in [6.07, 6.45) is 2.19. The number of hydrogen-bond acceptors (Lipinski definition) is 6. The molecule has 6 nitrogen and oxygen atoms in total. The van der Waals surface area contributed by atoms with E-state index in [0.717, 1.165) is 50.1 Å². The van der Waals surface area contributed by atoms with Crippen LogP contribution in [0.15, 0.2) is 12.4 Å². The number of carbonyl (C=O) groups excluding carboxylic acids is 1. The third-order valence-electron chi connectivity index (χ3n) is 6.74. The van der Waals surface area contributed by atoms with Gasteiger partial charge in [0.1, 0.15) is 17.0 Å². The highest BCUT2D eigenvalue weighted by Gasteiger charge is 2.50. The molecule has 2 aliphatic heterocycles. The van der Waals surface area contributed by atoms with Crippen LogP contribution in [0.1, 0.15) is 43.4 Å². The first-order valence-electron chi connectivity index (χ1n) is 10.9. The normalized spacial score (nSPS) is 25.7. The van der Waals surface area contributed by atoms with Gasteiger partial charge in [-0.2, -0.15) is 13.2 Å². The van der Waals surface area contributed by atoms with Crippen molar-refractivity contribution in [1.29, 1.82) is 0 Å². The molecule has 5 rings (SSSR count). The number of halogens is 3. The molecule has 31 heavy (non-hydrogen) atoms. The molecule has 0 aromatic carbocycles. The molecule has 2 saturated heterocycles. The Morgan fingerprint density at radius 2 is 2.13 bits per heavy atom. The van der Waals surface area contributed by atoms with E-state index in [2.05, 4.69) is 25.5 Å². The van der Waals surface area contributed by atoms with Gasteiger partial charge in [-0.1, -0.05) is 0 Å². The van der Waals surface area contributed by atoms with Crippen LogP contribution in [0.3, 0.4) is 0 Å². The van der Waals surface area contributed by atoms with Crippen LogP contribution in [-0.4, -0.2) is 53.8 Å². The molecular formula is C21H26F3N5OS. The highest BCUT2D eigenvalue weighted by Crippen LogP contribution is 2.51. The van der Waals surface area contributed by atoms with Crippen LogP contribution in [-0.2, 0) is 11.2 Å². The molecule has 2 aromatic rings. The lowest BCUT2D eigenvalue weighted by Gasteiger charge is -2.23. The quantitative estimate of drug-likeness (QED) is 0.743. The maximum Gasteiger partial charge on any atom is 0.393 e. The predicted molar refractivity (Wildman–Crippen MR) is 113 cm³/mol. The Bertz CT molecular complexity index is 974. The molecule has 1 amide bonds. The van der Waals surface area contributed by atoms with Crippen LogP contribution >= 0.6 is 11.3 Å². The summed E-state index contributed by atoms with van der Waals surface area (Å²) in [4.78, 5) is 24.2. The summed E-state index contributed by atoms with van der Waals surface area (Å²) in [7, 11) is 0. The molecule has 168 valence electrons. The molecule has 3 aliphatic rings. The zero-order chi connectivity index (χ0) is 21.6. The van der Waals surface area contributed by atoms with Gasteiger partial charge in [-0.05, 0) is 50.0 Å². The van der Waals surface area contributed by atoms with Gasteiger partial charge in [-0.15, -0.1) is 11.3 Å². The Morgan fingerprint density at radius 1 is 1.29 bits per heavy atom. The molecule has 4 heterocycles. The lowest BCUT2D eigenvalue weighted by molar-refractivity contribution is -0.126. The summed E-state index contributed by atoms with van der Waals surface area (Å²) in [5.41, 5.74) is 0.381. The third kappa shape index (κ3) is 4.64. The van der Waals surface area contributed by atoms with Crippen molar-refractivity contribution in [2.45, 2.75) is 63.2 Å². The van der Waals surface area contributed by atoms with E-state index in [-0.39, 0.29) is 22.9 Å². The van der Waals surface area contributed by atoms with Crippen molar-refractivity contribution < 1.29 is 18.0 Å². The third-order valence-corrected chi connectivity index (χ3v) is 7.79. The van der Waals surface area contributed by atoms with Crippen LogP contribution in [0.2, 0.25) is 0 Å². The molecular weight excluding hydrogens is 427 g/mol. The van der Waals surface area contributed by atoms with Crippen LogP contribution < -0.4 is 15.5 Å². The van der Waals surface area contributed by atoms with Crippen molar-refractivity contribution in [2.75, 3.05) is 24.5 Å². The van der Waals surface area contributed by atoms with Gasteiger partial charge in [0.25, 0.3) is 0 Å². The molecule has 1 saturated carbocycles. The molecule has 3 fully saturated rings. The average molecular weight is 454 g/mol. The second kappa shape index (κ2) is 7.88. The Labute approximate surface area is 182 Å². The van der Waals surface area contributed by atoms with Crippen molar-refractivity contribution in [2.24, 2.45) is 5.41 Å².